The molecule has 1 saturated heterocycles. The van der Waals surface area contributed by atoms with Gasteiger partial charge in [0.2, 0.25) is 0 Å². The number of rotatable bonds is 7. The topological polar surface area (TPSA) is 74.3 Å². The molecule has 34 heavy (non-hydrogen) atoms. The van der Waals surface area contributed by atoms with Gasteiger partial charge >= 0.3 is 0 Å². The second-order valence-corrected chi connectivity index (χ2v) is 8.81. The van der Waals surface area contributed by atoms with Gasteiger partial charge in [-0.15, -0.1) is 0 Å². The fourth-order valence-corrected chi connectivity index (χ4v) is 4.03. The number of amides is 1. The van der Waals surface area contributed by atoms with Gasteiger partial charge in [0, 0.05) is 61.5 Å². The minimum Gasteiger partial charge on any atom is -0.314 e. The van der Waals surface area contributed by atoms with E-state index in [4.69, 9.17) is 23.2 Å². The van der Waals surface area contributed by atoms with Crippen LogP contribution in [0.4, 0.5) is 5.82 Å². The van der Waals surface area contributed by atoms with Crippen molar-refractivity contribution >= 4 is 40.7 Å². The molecule has 0 bridgehead atoms. The van der Waals surface area contributed by atoms with Crippen molar-refractivity contribution in [2.45, 2.75) is 20.4 Å². The molecule has 0 aliphatic carbocycles. The third-order valence-electron chi connectivity index (χ3n) is 5.53. The number of halogens is 2. The van der Waals surface area contributed by atoms with Crippen molar-refractivity contribution in [3.63, 3.8) is 0 Å². The molecule has 0 unspecified atom stereocenters. The Kier molecular flexibility index (Phi) is 9.19. The summed E-state index contributed by atoms with van der Waals surface area (Å²) in [4.78, 5) is 32.3. The summed E-state index contributed by atoms with van der Waals surface area (Å²) < 4.78 is 0. The lowest BCUT2D eigenvalue weighted by Crippen LogP contribution is -2.42. The van der Waals surface area contributed by atoms with E-state index < -0.39 is 0 Å². The number of anilines is 1. The largest absolute Gasteiger partial charge is 0.314 e. The molecule has 8 heteroatoms. The van der Waals surface area contributed by atoms with Crippen LogP contribution in [0.2, 0.25) is 10.0 Å². The molecule has 1 aliphatic rings. The van der Waals surface area contributed by atoms with Crippen molar-refractivity contribution in [1.82, 2.24) is 15.2 Å². The van der Waals surface area contributed by atoms with E-state index in [0.717, 1.165) is 32.7 Å². The van der Waals surface area contributed by atoms with Crippen LogP contribution >= 0.6 is 23.2 Å². The number of nitrogens with one attached hydrogen (secondary N) is 2. The van der Waals surface area contributed by atoms with Gasteiger partial charge < -0.3 is 10.6 Å². The van der Waals surface area contributed by atoms with Crippen LogP contribution in [0, 0.1) is 0 Å². The number of carbonyl (C=O) groups excluding carboxylic acids is 2. The van der Waals surface area contributed by atoms with Crippen LogP contribution in [0.15, 0.2) is 60.8 Å². The van der Waals surface area contributed by atoms with Crippen molar-refractivity contribution in [1.29, 1.82) is 0 Å². The summed E-state index contributed by atoms with van der Waals surface area (Å²) in [5, 5.41) is 6.96. The van der Waals surface area contributed by atoms with Gasteiger partial charge in [0.05, 0.1) is 5.02 Å². The van der Waals surface area contributed by atoms with Gasteiger partial charge in [0.1, 0.15) is 5.82 Å². The minimum absolute atomic E-state index is 0. The first-order valence-electron chi connectivity index (χ1n) is 10.7. The average Bonchev–Trinajstić information content (AvgIpc) is 2.83. The van der Waals surface area contributed by atoms with Crippen molar-refractivity contribution < 1.29 is 9.59 Å². The molecule has 0 saturated carbocycles. The van der Waals surface area contributed by atoms with Crippen molar-refractivity contribution in [2.75, 3.05) is 31.5 Å². The van der Waals surface area contributed by atoms with Gasteiger partial charge in [0.15, 0.2) is 5.78 Å². The number of carbonyl (C=O) groups is 2. The monoisotopic (exact) mass is 498 g/mol. The molecule has 4 rings (SSSR count). The Balaban J connectivity index is 0.00000324. The fourth-order valence-electron chi connectivity index (χ4n) is 3.75. The Hall–Kier alpha value is -2.77. The van der Waals surface area contributed by atoms with E-state index in [-0.39, 0.29) is 25.5 Å². The van der Waals surface area contributed by atoms with Gasteiger partial charge in [-0.25, -0.2) is 4.98 Å². The Morgan fingerprint density at radius 2 is 1.68 bits per heavy atom. The number of Topliss-reactive ketones (excluding diaryl/α,β-unsaturated/α-hetero) is 1. The van der Waals surface area contributed by atoms with Gasteiger partial charge in [0.25, 0.3) is 5.91 Å². The maximum Gasteiger partial charge on any atom is 0.257 e. The Morgan fingerprint density at radius 3 is 2.35 bits per heavy atom. The highest BCUT2D eigenvalue weighted by atomic mass is 35.5. The number of hydrogen-bond donors (Lipinski definition) is 2. The smallest absolute Gasteiger partial charge is 0.257 e. The molecule has 6 nitrogen and oxygen atoms in total. The number of benzene rings is 2. The van der Waals surface area contributed by atoms with Crippen molar-refractivity contribution in [2.24, 2.45) is 0 Å². The molecule has 0 radical (unpaired) electrons. The number of hydrogen-bond acceptors (Lipinski definition) is 5. The molecule has 1 aliphatic heterocycles. The van der Waals surface area contributed by atoms with Crippen molar-refractivity contribution in [3.05, 3.63) is 93.1 Å². The summed E-state index contributed by atoms with van der Waals surface area (Å²) in [6, 6.07) is 15.9. The number of ketones is 1. The molecule has 2 heterocycles. The SMILES string of the molecule is C.O=C(Cc1ccc(Cl)cc1C(=O)Nc1ccc(Cl)cn1)c1ccc(CN2CCNCC2)cc1. The first kappa shape index (κ1) is 25.8. The zero-order chi connectivity index (χ0) is 23.2. The average molecular weight is 499 g/mol. The van der Waals surface area contributed by atoms with E-state index in [1.807, 2.05) is 24.3 Å². The highest BCUT2D eigenvalue weighted by Crippen LogP contribution is 2.20. The van der Waals surface area contributed by atoms with E-state index in [0.29, 0.717) is 32.6 Å². The van der Waals surface area contributed by atoms with Gasteiger partial charge in [-0.1, -0.05) is 61.0 Å². The van der Waals surface area contributed by atoms with Crippen LogP contribution < -0.4 is 10.6 Å². The molecule has 2 N–H and O–H groups in total. The van der Waals surface area contributed by atoms with E-state index in [1.54, 1.807) is 30.3 Å². The summed E-state index contributed by atoms with van der Waals surface area (Å²) in [7, 11) is 0. The number of aromatic nitrogens is 1. The molecule has 178 valence electrons. The van der Waals surface area contributed by atoms with Crippen LogP contribution in [-0.4, -0.2) is 47.8 Å². The maximum absolute atomic E-state index is 13.0. The predicted molar refractivity (Wildman–Crippen MR) is 138 cm³/mol. The zero-order valence-electron chi connectivity index (χ0n) is 18.0. The lowest BCUT2D eigenvalue weighted by molar-refractivity contribution is 0.0992. The lowest BCUT2D eigenvalue weighted by atomic mass is 9.97. The Bertz CT molecular complexity index is 1130. The van der Waals surface area contributed by atoms with Crippen LogP contribution in [0.1, 0.15) is 39.3 Å². The molecule has 1 amide bonds. The standard InChI is InChI=1S/C25H24Cl2N4O2.CH4/c26-20-6-5-19(22(14-20)25(33)30-24-8-7-21(27)15-29-24)13-23(32)18-3-1-17(2-4-18)16-31-11-9-28-10-12-31;/h1-8,14-15,28H,9-13,16H2,(H,29,30,33);1H4. The van der Waals surface area contributed by atoms with Crippen LogP contribution in [0.5, 0.6) is 0 Å². The predicted octanol–water partition coefficient (Wildman–Crippen LogP) is 5.11. The van der Waals surface area contributed by atoms with Gasteiger partial charge in [-0.05, 0) is 35.4 Å². The molecule has 1 aromatic heterocycles. The van der Waals surface area contributed by atoms with E-state index in [1.165, 1.54) is 11.8 Å². The lowest BCUT2D eigenvalue weighted by Gasteiger charge is -2.27. The maximum atomic E-state index is 13.0. The molecular weight excluding hydrogens is 471 g/mol. The molecule has 0 spiro atoms. The van der Waals surface area contributed by atoms with Gasteiger partial charge in [-0.2, -0.15) is 0 Å². The number of nitrogens with zero attached hydrogens (tertiary/aromatic N) is 2. The van der Waals surface area contributed by atoms with Crippen molar-refractivity contribution in [3.8, 4) is 0 Å². The summed E-state index contributed by atoms with van der Waals surface area (Å²) in [5.41, 5.74) is 2.72. The zero-order valence-corrected chi connectivity index (χ0v) is 19.5. The van der Waals surface area contributed by atoms with Gasteiger partial charge in [-0.3, -0.25) is 14.5 Å². The summed E-state index contributed by atoms with van der Waals surface area (Å²) >= 11 is 12.0. The third-order valence-corrected chi connectivity index (χ3v) is 5.99. The summed E-state index contributed by atoms with van der Waals surface area (Å²) in [6.45, 7) is 4.92. The number of piperazine rings is 1. The van der Waals surface area contributed by atoms with Crippen LogP contribution in [0.25, 0.3) is 0 Å². The van der Waals surface area contributed by atoms with Crippen LogP contribution in [-0.2, 0) is 13.0 Å². The van der Waals surface area contributed by atoms with E-state index in [2.05, 4.69) is 20.5 Å². The summed E-state index contributed by atoms with van der Waals surface area (Å²) in [6.07, 6.45) is 1.54. The molecule has 3 aromatic rings. The highest BCUT2D eigenvalue weighted by Gasteiger charge is 2.17. The second kappa shape index (κ2) is 12.1. The Labute approximate surface area is 210 Å². The first-order valence-corrected chi connectivity index (χ1v) is 11.5. The first-order chi connectivity index (χ1) is 16.0. The van der Waals surface area contributed by atoms with Crippen LogP contribution in [0.3, 0.4) is 0 Å². The number of pyridine rings is 1. The third kappa shape index (κ3) is 6.87. The molecular formula is C26H28Cl2N4O2. The second-order valence-electron chi connectivity index (χ2n) is 7.94. The van der Waals surface area contributed by atoms with E-state index in [9.17, 15) is 9.59 Å². The molecule has 2 aromatic carbocycles. The Morgan fingerprint density at radius 1 is 0.971 bits per heavy atom. The minimum atomic E-state index is -0.388. The fraction of sp³-hybridized carbons (Fsp3) is 0.269. The highest BCUT2D eigenvalue weighted by molar-refractivity contribution is 6.31. The summed E-state index contributed by atoms with van der Waals surface area (Å²) in [5.74, 6) is -0.0899. The normalized spacial score (nSPS) is 13.7. The molecule has 1 fully saturated rings. The van der Waals surface area contributed by atoms with E-state index >= 15 is 0 Å². The quantitative estimate of drug-likeness (QED) is 0.442. The molecule has 0 atom stereocenters.